The molecule has 2 N–H and O–H groups in total. The molecule has 4 atom stereocenters. The summed E-state index contributed by atoms with van der Waals surface area (Å²) in [7, 11) is 1.76. The van der Waals surface area contributed by atoms with Crippen molar-refractivity contribution in [2.75, 3.05) is 26.7 Å². The van der Waals surface area contributed by atoms with Crippen molar-refractivity contribution in [2.24, 2.45) is 17.3 Å². The van der Waals surface area contributed by atoms with Gasteiger partial charge in [-0.2, -0.15) is 0 Å². The number of nitrogens with zero attached hydrogens (tertiary/aromatic N) is 3. The molecule has 0 radical (unpaired) electrons. The number of amides is 4. The first kappa shape index (κ1) is 36.8. The number of nitrogens with one attached hydrogen (secondary N) is 2. The van der Waals surface area contributed by atoms with Crippen LogP contribution in [0, 0.1) is 17.3 Å². The Hall–Kier alpha value is -2.42. The van der Waals surface area contributed by atoms with E-state index in [0.29, 0.717) is 31.0 Å². The van der Waals surface area contributed by atoms with Crippen LogP contribution in [-0.4, -0.2) is 95.2 Å². The number of hydrogen-bond acceptors (Lipinski definition) is 5. The Morgan fingerprint density at radius 3 is 2.09 bits per heavy atom. The number of carbonyl (C=O) groups is 4. The first-order valence-corrected chi connectivity index (χ1v) is 16.6. The maximum absolute atomic E-state index is 14.1. The topological polar surface area (TPSA) is 102 Å². The zero-order chi connectivity index (χ0) is 32.6. The quantitative estimate of drug-likeness (QED) is 0.323. The molecule has 0 aliphatic carbocycles. The summed E-state index contributed by atoms with van der Waals surface area (Å²) in [6.07, 6.45) is 7.07. The number of rotatable bonds is 12. The van der Waals surface area contributed by atoms with Crippen LogP contribution in [0.25, 0.3) is 0 Å². The van der Waals surface area contributed by atoms with Gasteiger partial charge < -0.3 is 20.4 Å². The fourth-order valence-corrected chi connectivity index (χ4v) is 6.28. The third-order valence-electron chi connectivity index (χ3n) is 8.98. The number of hydrogen-bond donors (Lipinski definition) is 2. The summed E-state index contributed by atoms with van der Waals surface area (Å²) in [5.74, 6) is -0.00923. The molecule has 3 unspecified atom stereocenters. The molecule has 2 aliphatic heterocycles. The standard InChI is InChI=1S/C34H61N5O4/c1-22(2)17-18-35-30(40)26-16-14-20-39(26)32(42)25(7)21-28(23(3)4)37(11)33(43)29(34(8,9)10)36-31(41)27-15-12-13-19-38(27)24(5)6/h21-24,26-29H,12-20H2,1-11H3,(H,35,40)(H,36,41)/b25-21+/t26-,27?,28?,29?/m0/s1. The van der Waals surface area contributed by atoms with Crippen molar-refractivity contribution in [3.8, 4) is 0 Å². The van der Waals surface area contributed by atoms with Crippen molar-refractivity contribution in [1.29, 1.82) is 0 Å². The molecular weight excluding hydrogens is 542 g/mol. The van der Waals surface area contributed by atoms with Crippen molar-refractivity contribution < 1.29 is 19.2 Å². The van der Waals surface area contributed by atoms with Gasteiger partial charge in [-0.1, -0.05) is 61.0 Å². The van der Waals surface area contributed by atoms with Gasteiger partial charge in [0.05, 0.1) is 12.1 Å². The van der Waals surface area contributed by atoms with E-state index in [2.05, 4.69) is 43.2 Å². The molecule has 9 heteroatoms. The van der Waals surface area contributed by atoms with Gasteiger partial charge in [0.25, 0.3) is 0 Å². The SMILES string of the molecule is C/C(=C\C(C(C)C)N(C)C(=O)C(NC(=O)C1CCCCN1C(C)C)C(C)(C)C)C(=O)N1CCC[C@H]1C(=O)NCCC(C)C. The van der Waals surface area contributed by atoms with Gasteiger partial charge in [-0.05, 0) is 76.7 Å². The summed E-state index contributed by atoms with van der Waals surface area (Å²) in [4.78, 5) is 59.8. The maximum atomic E-state index is 14.1. The molecule has 9 nitrogen and oxygen atoms in total. The summed E-state index contributed by atoms with van der Waals surface area (Å²) in [6, 6.07) is -1.54. The summed E-state index contributed by atoms with van der Waals surface area (Å²) < 4.78 is 0. The van der Waals surface area contributed by atoms with Crippen LogP contribution >= 0.6 is 0 Å². The fraction of sp³-hybridized carbons (Fsp3) is 0.824. The van der Waals surface area contributed by atoms with E-state index < -0.39 is 17.5 Å². The highest BCUT2D eigenvalue weighted by atomic mass is 16.2. The van der Waals surface area contributed by atoms with E-state index in [4.69, 9.17) is 0 Å². The number of likely N-dealkylation sites (tertiary alicyclic amines) is 2. The summed E-state index contributed by atoms with van der Waals surface area (Å²) in [5, 5.41) is 6.14. The second kappa shape index (κ2) is 16.1. The lowest BCUT2D eigenvalue weighted by Gasteiger charge is -2.41. The Morgan fingerprint density at radius 2 is 1.53 bits per heavy atom. The van der Waals surface area contributed by atoms with E-state index in [1.165, 1.54) is 0 Å². The molecule has 2 heterocycles. The van der Waals surface area contributed by atoms with Gasteiger partial charge in [0.2, 0.25) is 23.6 Å². The van der Waals surface area contributed by atoms with E-state index in [9.17, 15) is 19.2 Å². The predicted molar refractivity (Wildman–Crippen MR) is 173 cm³/mol. The first-order valence-electron chi connectivity index (χ1n) is 16.6. The molecule has 2 fully saturated rings. The maximum Gasteiger partial charge on any atom is 0.249 e. The highest BCUT2D eigenvalue weighted by Crippen LogP contribution is 2.27. The zero-order valence-electron chi connectivity index (χ0n) is 29.0. The molecule has 0 aromatic heterocycles. The Kier molecular flexibility index (Phi) is 13.7. The van der Waals surface area contributed by atoms with Gasteiger partial charge in [-0.15, -0.1) is 0 Å². The van der Waals surface area contributed by atoms with Gasteiger partial charge in [0.1, 0.15) is 12.1 Å². The second-order valence-electron chi connectivity index (χ2n) is 14.8. The van der Waals surface area contributed by atoms with Gasteiger partial charge in [-0.3, -0.25) is 24.1 Å². The molecule has 0 saturated carbocycles. The van der Waals surface area contributed by atoms with E-state index in [1.54, 1.807) is 23.8 Å². The third kappa shape index (κ3) is 10.0. The van der Waals surface area contributed by atoms with Crippen LogP contribution in [0.1, 0.15) is 108 Å². The van der Waals surface area contributed by atoms with E-state index in [-0.39, 0.29) is 47.7 Å². The molecule has 2 saturated heterocycles. The summed E-state index contributed by atoms with van der Waals surface area (Å²) >= 11 is 0. The van der Waals surface area contributed by atoms with Gasteiger partial charge >= 0.3 is 0 Å². The molecule has 2 rings (SSSR count). The Bertz CT molecular complexity index is 999. The number of likely N-dealkylation sites (N-methyl/N-ethyl adjacent to an activating group) is 1. The molecule has 0 spiro atoms. The van der Waals surface area contributed by atoms with Crippen LogP contribution < -0.4 is 10.6 Å². The van der Waals surface area contributed by atoms with Gasteiger partial charge in [0.15, 0.2) is 0 Å². The van der Waals surface area contributed by atoms with Crippen LogP contribution in [0.5, 0.6) is 0 Å². The van der Waals surface area contributed by atoms with Crippen molar-refractivity contribution in [1.82, 2.24) is 25.3 Å². The minimum Gasteiger partial charge on any atom is -0.354 e. The average molecular weight is 604 g/mol. The van der Waals surface area contributed by atoms with Crippen molar-refractivity contribution in [3.63, 3.8) is 0 Å². The van der Waals surface area contributed by atoms with Gasteiger partial charge in [0, 0.05) is 31.8 Å². The monoisotopic (exact) mass is 603 g/mol. The first-order chi connectivity index (χ1) is 20.0. The molecule has 2 aliphatic rings. The smallest absolute Gasteiger partial charge is 0.249 e. The third-order valence-corrected chi connectivity index (χ3v) is 8.98. The Labute approximate surface area is 261 Å². The highest BCUT2D eigenvalue weighted by Gasteiger charge is 2.40. The lowest BCUT2D eigenvalue weighted by atomic mass is 9.84. The normalized spacial score (nSPS) is 21.7. The lowest BCUT2D eigenvalue weighted by Crippen LogP contribution is -2.60. The zero-order valence-corrected chi connectivity index (χ0v) is 29.0. The molecular formula is C34H61N5O4. The number of piperidine rings is 1. The average Bonchev–Trinajstić information content (AvgIpc) is 3.42. The number of carbonyl (C=O) groups excluding carboxylic acids is 4. The van der Waals surface area contributed by atoms with Gasteiger partial charge in [-0.25, -0.2) is 0 Å². The van der Waals surface area contributed by atoms with E-state index in [0.717, 1.165) is 38.6 Å². The van der Waals surface area contributed by atoms with Crippen molar-refractivity contribution >= 4 is 23.6 Å². The predicted octanol–water partition coefficient (Wildman–Crippen LogP) is 4.36. The Morgan fingerprint density at radius 1 is 0.907 bits per heavy atom. The second-order valence-corrected chi connectivity index (χ2v) is 14.8. The molecule has 0 aromatic rings. The summed E-state index contributed by atoms with van der Waals surface area (Å²) in [6.45, 7) is 22.2. The molecule has 0 bridgehead atoms. The molecule has 0 aromatic carbocycles. The van der Waals surface area contributed by atoms with Crippen molar-refractivity contribution in [2.45, 2.75) is 138 Å². The summed E-state index contributed by atoms with van der Waals surface area (Å²) in [5.41, 5.74) is 0.00603. The van der Waals surface area contributed by atoms with Crippen LogP contribution in [0.15, 0.2) is 11.6 Å². The largest absolute Gasteiger partial charge is 0.354 e. The van der Waals surface area contributed by atoms with Crippen LogP contribution in [0.3, 0.4) is 0 Å². The van der Waals surface area contributed by atoms with E-state index in [1.807, 2.05) is 40.7 Å². The fourth-order valence-electron chi connectivity index (χ4n) is 6.28. The highest BCUT2D eigenvalue weighted by molar-refractivity contribution is 5.97. The van der Waals surface area contributed by atoms with Crippen LogP contribution in [0.4, 0.5) is 0 Å². The minimum absolute atomic E-state index is 0.0245. The molecule has 4 amide bonds. The molecule has 246 valence electrons. The van der Waals surface area contributed by atoms with Crippen LogP contribution in [0.2, 0.25) is 0 Å². The Balaban J connectivity index is 2.22. The van der Waals surface area contributed by atoms with E-state index >= 15 is 0 Å². The minimum atomic E-state index is -0.718. The van der Waals surface area contributed by atoms with Crippen molar-refractivity contribution in [3.05, 3.63) is 11.6 Å². The van der Waals surface area contributed by atoms with Crippen LogP contribution in [-0.2, 0) is 19.2 Å². The lowest BCUT2D eigenvalue weighted by molar-refractivity contribution is -0.142. The molecule has 43 heavy (non-hydrogen) atoms.